The Labute approximate surface area is 168 Å². The Hall–Kier alpha value is -1.95. The number of hydrogen-bond donors (Lipinski definition) is 0. The van der Waals surface area contributed by atoms with Gasteiger partial charge < -0.3 is 9.47 Å². The van der Waals surface area contributed by atoms with Gasteiger partial charge in [-0.2, -0.15) is 0 Å². The predicted octanol–water partition coefficient (Wildman–Crippen LogP) is 2.88. The lowest BCUT2D eigenvalue weighted by Crippen LogP contribution is -2.30. The highest BCUT2D eigenvalue weighted by atomic mass is 15.3. The number of nitrogens with zero attached hydrogens (tertiary/aromatic N) is 6. The lowest BCUT2D eigenvalue weighted by Gasteiger charge is -2.24. The minimum absolute atomic E-state index is 0.0629. The highest BCUT2D eigenvalue weighted by molar-refractivity contribution is 5.42. The highest BCUT2D eigenvalue weighted by Gasteiger charge is 2.40. The third kappa shape index (κ3) is 3.32. The minimum atomic E-state index is 0.0629. The van der Waals surface area contributed by atoms with Crippen LogP contribution in [0.4, 0.5) is 5.82 Å². The Balaban J connectivity index is 1.23. The van der Waals surface area contributed by atoms with Gasteiger partial charge in [0.2, 0.25) is 0 Å². The second kappa shape index (κ2) is 6.83. The summed E-state index contributed by atoms with van der Waals surface area (Å²) in [5.74, 6) is 3.85. The van der Waals surface area contributed by atoms with Crippen molar-refractivity contribution in [2.75, 3.05) is 31.1 Å². The SMILES string of the molecule is CC(C)(C)c1cc(N2CC3CN(Cc4ncc5n4CCCC5)CC3C2)ncn1. The van der Waals surface area contributed by atoms with Crippen molar-refractivity contribution in [1.82, 2.24) is 24.4 Å². The molecule has 6 heteroatoms. The molecule has 2 saturated heterocycles. The molecule has 2 aromatic heterocycles. The molecule has 0 bridgehead atoms. The molecule has 3 aliphatic heterocycles. The summed E-state index contributed by atoms with van der Waals surface area (Å²) in [7, 11) is 0. The van der Waals surface area contributed by atoms with Crippen molar-refractivity contribution in [2.45, 2.75) is 58.5 Å². The molecular weight excluding hydrogens is 348 g/mol. The Kier molecular flexibility index (Phi) is 4.42. The first-order chi connectivity index (χ1) is 13.5. The van der Waals surface area contributed by atoms with E-state index in [-0.39, 0.29) is 5.41 Å². The van der Waals surface area contributed by atoms with Crippen LogP contribution in [-0.2, 0) is 24.9 Å². The van der Waals surface area contributed by atoms with Crippen LogP contribution in [0, 0.1) is 11.8 Å². The van der Waals surface area contributed by atoms with Gasteiger partial charge in [0.05, 0.1) is 12.2 Å². The van der Waals surface area contributed by atoms with Gasteiger partial charge in [-0.3, -0.25) is 4.90 Å². The van der Waals surface area contributed by atoms with E-state index in [9.17, 15) is 0 Å². The molecular formula is C22H32N6. The Morgan fingerprint density at radius 1 is 1.00 bits per heavy atom. The fourth-order valence-corrected chi connectivity index (χ4v) is 5.17. The standard InChI is InChI=1S/C22H32N6/c1-22(2,3)19-8-20(25-15-24-19)27-12-16-10-26(11-17(16)13-27)14-21-23-9-18-6-4-5-7-28(18)21/h8-9,15-17H,4-7,10-14H2,1-3H3. The van der Waals surface area contributed by atoms with Crippen LogP contribution in [0.3, 0.4) is 0 Å². The van der Waals surface area contributed by atoms with Crippen LogP contribution in [0.1, 0.15) is 50.8 Å². The third-order valence-corrected chi connectivity index (χ3v) is 6.76. The van der Waals surface area contributed by atoms with Gasteiger partial charge >= 0.3 is 0 Å². The molecule has 2 fully saturated rings. The van der Waals surface area contributed by atoms with Crippen molar-refractivity contribution >= 4 is 5.82 Å². The van der Waals surface area contributed by atoms with E-state index < -0.39 is 0 Å². The van der Waals surface area contributed by atoms with E-state index >= 15 is 0 Å². The van der Waals surface area contributed by atoms with Crippen LogP contribution >= 0.6 is 0 Å². The fraction of sp³-hybridized carbons (Fsp3) is 0.682. The summed E-state index contributed by atoms with van der Waals surface area (Å²) in [5, 5.41) is 0. The maximum atomic E-state index is 4.74. The lowest BCUT2D eigenvalue weighted by molar-refractivity contribution is 0.293. The lowest BCUT2D eigenvalue weighted by atomic mass is 9.92. The maximum absolute atomic E-state index is 4.74. The predicted molar refractivity (Wildman–Crippen MR) is 110 cm³/mol. The van der Waals surface area contributed by atoms with Gasteiger partial charge in [-0.25, -0.2) is 15.0 Å². The molecule has 0 aliphatic carbocycles. The second-order valence-corrected chi connectivity index (χ2v) is 9.91. The van der Waals surface area contributed by atoms with E-state index in [1.54, 1.807) is 6.33 Å². The molecule has 2 atom stereocenters. The summed E-state index contributed by atoms with van der Waals surface area (Å²) in [6.07, 6.45) is 7.65. The molecule has 0 saturated carbocycles. The van der Waals surface area contributed by atoms with Crippen molar-refractivity contribution in [3.63, 3.8) is 0 Å². The van der Waals surface area contributed by atoms with E-state index in [1.807, 2.05) is 0 Å². The molecule has 0 radical (unpaired) electrons. The van der Waals surface area contributed by atoms with Gasteiger partial charge in [-0.05, 0) is 31.1 Å². The van der Waals surface area contributed by atoms with Crippen molar-refractivity contribution in [3.05, 3.63) is 35.8 Å². The number of fused-ring (bicyclic) bond motifs is 2. The molecule has 3 aliphatic rings. The molecule has 0 aromatic carbocycles. The zero-order valence-corrected chi connectivity index (χ0v) is 17.4. The smallest absolute Gasteiger partial charge is 0.132 e. The van der Waals surface area contributed by atoms with E-state index in [1.165, 1.54) is 43.9 Å². The molecule has 0 amide bonds. The van der Waals surface area contributed by atoms with E-state index in [2.05, 4.69) is 57.4 Å². The van der Waals surface area contributed by atoms with Crippen LogP contribution < -0.4 is 4.90 Å². The fourth-order valence-electron chi connectivity index (χ4n) is 5.17. The van der Waals surface area contributed by atoms with Crippen molar-refractivity contribution in [2.24, 2.45) is 11.8 Å². The van der Waals surface area contributed by atoms with Crippen LogP contribution in [0.2, 0.25) is 0 Å². The third-order valence-electron chi connectivity index (χ3n) is 6.76. The van der Waals surface area contributed by atoms with Crippen LogP contribution in [-0.4, -0.2) is 50.6 Å². The average Bonchev–Trinajstić information content (AvgIpc) is 3.35. The molecule has 150 valence electrons. The molecule has 2 unspecified atom stereocenters. The van der Waals surface area contributed by atoms with Gasteiger partial charge in [0.15, 0.2) is 0 Å². The van der Waals surface area contributed by atoms with Crippen molar-refractivity contribution < 1.29 is 0 Å². The summed E-state index contributed by atoms with van der Waals surface area (Å²) in [5.41, 5.74) is 2.62. The summed E-state index contributed by atoms with van der Waals surface area (Å²) in [6, 6.07) is 2.19. The first-order valence-corrected chi connectivity index (χ1v) is 10.8. The maximum Gasteiger partial charge on any atom is 0.132 e. The average molecular weight is 381 g/mol. The molecule has 5 rings (SSSR count). The topological polar surface area (TPSA) is 50.1 Å². The number of rotatable bonds is 3. The molecule has 6 nitrogen and oxygen atoms in total. The highest BCUT2D eigenvalue weighted by Crippen LogP contribution is 2.35. The van der Waals surface area contributed by atoms with Crippen molar-refractivity contribution in [3.8, 4) is 0 Å². The molecule has 2 aromatic rings. The summed E-state index contributed by atoms with van der Waals surface area (Å²) in [4.78, 5) is 18.9. The Bertz CT molecular complexity index is 837. The number of aryl methyl sites for hydroxylation is 1. The van der Waals surface area contributed by atoms with Crippen LogP contribution in [0.25, 0.3) is 0 Å². The molecule has 0 spiro atoms. The Morgan fingerprint density at radius 3 is 2.54 bits per heavy atom. The van der Waals surface area contributed by atoms with Gasteiger partial charge in [0, 0.05) is 56.1 Å². The van der Waals surface area contributed by atoms with Gasteiger partial charge in [-0.1, -0.05) is 20.8 Å². The number of hydrogen-bond acceptors (Lipinski definition) is 5. The van der Waals surface area contributed by atoms with Crippen molar-refractivity contribution in [1.29, 1.82) is 0 Å². The van der Waals surface area contributed by atoms with E-state index in [4.69, 9.17) is 4.98 Å². The van der Waals surface area contributed by atoms with E-state index in [0.717, 1.165) is 49.5 Å². The Morgan fingerprint density at radius 2 is 1.79 bits per heavy atom. The zero-order valence-electron chi connectivity index (χ0n) is 17.4. The second-order valence-electron chi connectivity index (χ2n) is 9.91. The summed E-state index contributed by atoms with van der Waals surface area (Å²) >= 11 is 0. The normalized spacial score (nSPS) is 25.2. The minimum Gasteiger partial charge on any atom is -0.356 e. The van der Waals surface area contributed by atoms with Crippen LogP contribution in [0.5, 0.6) is 0 Å². The summed E-state index contributed by atoms with van der Waals surface area (Å²) < 4.78 is 2.47. The monoisotopic (exact) mass is 380 g/mol. The quantitative estimate of drug-likeness (QED) is 0.819. The number of likely N-dealkylation sites (tertiary alicyclic amines) is 1. The number of imidazole rings is 1. The van der Waals surface area contributed by atoms with Gasteiger partial charge in [-0.15, -0.1) is 0 Å². The van der Waals surface area contributed by atoms with E-state index in [0.29, 0.717) is 0 Å². The summed E-state index contributed by atoms with van der Waals surface area (Å²) in [6.45, 7) is 13.4. The molecule has 28 heavy (non-hydrogen) atoms. The zero-order chi connectivity index (χ0) is 19.3. The largest absolute Gasteiger partial charge is 0.356 e. The van der Waals surface area contributed by atoms with Gasteiger partial charge in [0.25, 0.3) is 0 Å². The van der Waals surface area contributed by atoms with Crippen LogP contribution in [0.15, 0.2) is 18.6 Å². The first kappa shape index (κ1) is 18.1. The molecule has 0 N–H and O–H groups in total. The van der Waals surface area contributed by atoms with Gasteiger partial charge in [0.1, 0.15) is 18.0 Å². The molecule has 5 heterocycles. The number of anilines is 1. The first-order valence-electron chi connectivity index (χ1n) is 10.8. The number of aromatic nitrogens is 4.